The Morgan fingerprint density at radius 3 is 2.63 bits per heavy atom. The Bertz CT molecular complexity index is 1600. The van der Waals surface area contributed by atoms with Gasteiger partial charge in [0, 0.05) is 35.8 Å². The molecule has 3 aromatic heterocycles. The zero-order valence-corrected chi connectivity index (χ0v) is 20.7. The third kappa shape index (κ3) is 5.52. The molecule has 3 N–H and O–H groups in total. The van der Waals surface area contributed by atoms with Gasteiger partial charge in [0.1, 0.15) is 17.3 Å². The summed E-state index contributed by atoms with van der Waals surface area (Å²) in [6.07, 6.45) is 5.12. The van der Waals surface area contributed by atoms with Crippen molar-refractivity contribution in [2.45, 2.75) is 19.8 Å². The second kappa shape index (κ2) is 10.7. The van der Waals surface area contributed by atoms with Crippen LogP contribution in [0.2, 0.25) is 0 Å². The lowest BCUT2D eigenvalue weighted by Gasteiger charge is -2.11. The molecule has 2 aromatic carbocycles. The first-order valence-electron chi connectivity index (χ1n) is 11.9. The summed E-state index contributed by atoms with van der Waals surface area (Å²) in [5, 5.41) is 26.3. The number of rotatable bonds is 7. The summed E-state index contributed by atoms with van der Waals surface area (Å²) >= 11 is 0. The maximum absolute atomic E-state index is 12.8. The van der Waals surface area contributed by atoms with Gasteiger partial charge >= 0.3 is 6.03 Å². The Labute approximate surface area is 218 Å². The molecule has 10 nitrogen and oxygen atoms in total. The van der Waals surface area contributed by atoms with Crippen molar-refractivity contribution in [3.05, 3.63) is 96.6 Å². The van der Waals surface area contributed by atoms with Gasteiger partial charge in [-0.1, -0.05) is 19.9 Å². The molecule has 0 aliphatic heterocycles. The van der Waals surface area contributed by atoms with Crippen molar-refractivity contribution in [3.63, 3.8) is 0 Å². The topological polar surface area (TPSA) is 134 Å². The number of nitriles is 1. The van der Waals surface area contributed by atoms with Gasteiger partial charge in [0.05, 0.1) is 34.9 Å². The Morgan fingerprint density at radius 2 is 1.89 bits per heavy atom. The van der Waals surface area contributed by atoms with Crippen LogP contribution < -0.4 is 15.4 Å². The third-order valence-corrected chi connectivity index (χ3v) is 5.65. The number of carbonyl (C=O) groups is 1. The predicted octanol–water partition coefficient (Wildman–Crippen LogP) is 6.09. The van der Waals surface area contributed by atoms with E-state index in [0.29, 0.717) is 34.3 Å². The number of pyridine rings is 1. The lowest BCUT2D eigenvalue weighted by molar-refractivity contribution is 0.262. The van der Waals surface area contributed by atoms with E-state index in [9.17, 15) is 10.1 Å². The van der Waals surface area contributed by atoms with Gasteiger partial charge in [0.2, 0.25) is 0 Å². The molecule has 0 fully saturated rings. The third-order valence-electron chi connectivity index (χ3n) is 5.65. The number of urea groups is 1. The van der Waals surface area contributed by atoms with Gasteiger partial charge in [-0.15, -0.1) is 0 Å². The van der Waals surface area contributed by atoms with Gasteiger partial charge in [0.25, 0.3) is 0 Å². The summed E-state index contributed by atoms with van der Waals surface area (Å²) in [6, 6.07) is 21.2. The molecule has 0 saturated heterocycles. The first-order chi connectivity index (χ1) is 18.5. The summed E-state index contributed by atoms with van der Waals surface area (Å²) in [5.41, 5.74) is 4.19. The minimum atomic E-state index is -0.426. The number of nitrogens with one attached hydrogen (secondary N) is 3. The van der Waals surface area contributed by atoms with Gasteiger partial charge in [-0.05, 0) is 54.4 Å². The van der Waals surface area contributed by atoms with E-state index in [1.54, 1.807) is 71.8 Å². The first kappa shape index (κ1) is 24.3. The number of carbonyl (C=O) groups excluding carboxylic acids is 1. The summed E-state index contributed by atoms with van der Waals surface area (Å²) < 4.78 is 7.57. The number of hydrogen-bond acceptors (Lipinski definition) is 6. The monoisotopic (exact) mass is 504 g/mol. The number of nitrogens with zero attached hydrogens (tertiary/aromatic N) is 5. The highest BCUT2D eigenvalue weighted by Crippen LogP contribution is 2.27. The predicted molar refractivity (Wildman–Crippen MR) is 143 cm³/mol. The summed E-state index contributed by atoms with van der Waals surface area (Å²) in [6.45, 7) is 4.05. The minimum Gasteiger partial charge on any atom is -0.457 e. The van der Waals surface area contributed by atoms with Crippen LogP contribution in [-0.2, 0) is 0 Å². The van der Waals surface area contributed by atoms with E-state index in [2.05, 4.69) is 37.0 Å². The van der Waals surface area contributed by atoms with E-state index in [-0.39, 0.29) is 5.92 Å². The van der Waals surface area contributed by atoms with Crippen LogP contribution in [0.15, 0.2) is 85.3 Å². The molecule has 3 heterocycles. The maximum Gasteiger partial charge on any atom is 0.324 e. The number of benzene rings is 2. The molecule has 0 atom stereocenters. The van der Waals surface area contributed by atoms with Crippen LogP contribution in [0.1, 0.15) is 31.0 Å². The van der Waals surface area contributed by atoms with E-state index >= 15 is 0 Å². The highest BCUT2D eigenvalue weighted by atomic mass is 16.5. The molecule has 2 amide bonds. The molecule has 0 bridgehead atoms. The first-order valence-corrected chi connectivity index (χ1v) is 11.9. The molecule has 5 rings (SSSR count). The van der Waals surface area contributed by atoms with E-state index < -0.39 is 6.03 Å². The fourth-order valence-corrected chi connectivity index (χ4v) is 3.72. The average molecular weight is 505 g/mol. The Morgan fingerprint density at radius 1 is 1.05 bits per heavy atom. The molecule has 10 heteroatoms. The second-order valence-electron chi connectivity index (χ2n) is 8.75. The van der Waals surface area contributed by atoms with Crippen LogP contribution in [-0.4, -0.2) is 31.0 Å². The van der Waals surface area contributed by atoms with E-state index in [1.165, 1.54) is 0 Å². The number of amides is 2. The molecule has 0 unspecified atom stereocenters. The van der Waals surface area contributed by atoms with E-state index in [0.717, 1.165) is 17.0 Å². The summed E-state index contributed by atoms with van der Waals surface area (Å²) in [5.74, 6) is 1.89. The highest BCUT2D eigenvalue weighted by molar-refractivity contribution is 5.99. The lowest BCUT2D eigenvalue weighted by Crippen LogP contribution is -2.21. The van der Waals surface area contributed by atoms with Gasteiger partial charge in [0.15, 0.2) is 0 Å². The Balaban J connectivity index is 1.27. The van der Waals surface area contributed by atoms with Crippen LogP contribution in [0, 0.1) is 11.3 Å². The van der Waals surface area contributed by atoms with Gasteiger partial charge in [-0.2, -0.15) is 15.5 Å². The van der Waals surface area contributed by atoms with Crippen molar-refractivity contribution < 1.29 is 9.53 Å². The summed E-state index contributed by atoms with van der Waals surface area (Å²) in [4.78, 5) is 17.2. The quantitative estimate of drug-likeness (QED) is 0.246. The van der Waals surface area contributed by atoms with Crippen molar-refractivity contribution in [1.82, 2.24) is 25.0 Å². The number of aromatic nitrogens is 5. The van der Waals surface area contributed by atoms with Crippen molar-refractivity contribution in [2.75, 3.05) is 10.6 Å². The van der Waals surface area contributed by atoms with Crippen molar-refractivity contribution >= 4 is 17.5 Å². The molecular weight excluding hydrogens is 480 g/mol. The van der Waals surface area contributed by atoms with Crippen LogP contribution in [0.3, 0.4) is 0 Å². The Hall–Kier alpha value is -5.43. The number of hydrogen-bond donors (Lipinski definition) is 3. The zero-order chi connectivity index (χ0) is 26.5. The maximum atomic E-state index is 12.8. The molecule has 188 valence electrons. The minimum absolute atomic E-state index is 0.155. The molecule has 0 spiro atoms. The average Bonchev–Trinajstić information content (AvgIpc) is 3.61. The molecule has 0 saturated carbocycles. The van der Waals surface area contributed by atoms with Crippen LogP contribution >= 0.6 is 0 Å². The van der Waals surface area contributed by atoms with Gasteiger partial charge in [-0.25, -0.2) is 9.48 Å². The van der Waals surface area contributed by atoms with E-state index in [4.69, 9.17) is 4.74 Å². The Kier molecular flexibility index (Phi) is 6.82. The van der Waals surface area contributed by atoms with Crippen molar-refractivity contribution in [3.8, 4) is 34.5 Å². The second-order valence-corrected chi connectivity index (χ2v) is 8.75. The fourth-order valence-electron chi connectivity index (χ4n) is 3.72. The van der Waals surface area contributed by atoms with Crippen LogP contribution in [0.5, 0.6) is 11.5 Å². The lowest BCUT2D eigenvalue weighted by atomic mass is 10.1. The number of ether oxygens (including phenoxy) is 1. The highest BCUT2D eigenvalue weighted by Gasteiger charge is 2.15. The number of aromatic amines is 1. The van der Waals surface area contributed by atoms with E-state index in [1.807, 2.05) is 32.0 Å². The molecule has 0 radical (unpaired) electrons. The molecule has 0 aliphatic carbocycles. The van der Waals surface area contributed by atoms with Crippen molar-refractivity contribution in [2.24, 2.45) is 0 Å². The normalized spacial score (nSPS) is 10.7. The molecule has 38 heavy (non-hydrogen) atoms. The molecule has 0 aliphatic rings. The number of H-pyrrole nitrogens is 1. The van der Waals surface area contributed by atoms with Gasteiger partial charge < -0.3 is 10.1 Å². The zero-order valence-electron chi connectivity index (χ0n) is 20.7. The largest absolute Gasteiger partial charge is 0.457 e. The molecular formula is C28H24N8O2. The summed E-state index contributed by atoms with van der Waals surface area (Å²) in [7, 11) is 0. The van der Waals surface area contributed by atoms with Crippen LogP contribution in [0.4, 0.5) is 16.3 Å². The smallest absolute Gasteiger partial charge is 0.324 e. The standard InChI is InChI=1S/C28H24N8O2/c1-18(2)25-14-27(36(35-25)22-5-3-4-19(12-22)15-29)34-28(37)33-21-6-8-23(9-7-21)38-24-10-11-30-26(13-24)20-16-31-32-17-20/h3-14,16-18H,1-2H3,(H,31,32)(H2,33,34,37). The van der Waals surface area contributed by atoms with Crippen LogP contribution in [0.25, 0.3) is 16.9 Å². The van der Waals surface area contributed by atoms with Crippen molar-refractivity contribution in [1.29, 1.82) is 5.26 Å². The van der Waals surface area contributed by atoms with Gasteiger partial charge in [-0.3, -0.25) is 15.4 Å². The fraction of sp³-hybridized carbons (Fsp3) is 0.107. The number of anilines is 2. The molecule has 5 aromatic rings. The SMILES string of the molecule is CC(C)c1cc(NC(=O)Nc2ccc(Oc3ccnc(-c4cn[nH]c4)c3)cc2)n(-c2cccc(C#N)c2)n1.